The molecule has 2 aliphatic rings. The summed E-state index contributed by atoms with van der Waals surface area (Å²) in [5.41, 5.74) is 1.23. The Kier molecular flexibility index (Phi) is 2.87. The number of benzene rings is 1. The monoisotopic (exact) mass is 269 g/mol. The van der Waals surface area contributed by atoms with Gasteiger partial charge in [-0.1, -0.05) is 31.0 Å². The third-order valence-electron chi connectivity index (χ3n) is 4.39. The fraction of sp³-hybridized carbons (Fsp3) is 0.438. The molecule has 1 aliphatic heterocycles. The molecule has 0 radical (unpaired) electrons. The average Bonchev–Trinajstić information content (AvgIpc) is 3.19. The van der Waals surface area contributed by atoms with E-state index >= 15 is 0 Å². The van der Waals surface area contributed by atoms with Gasteiger partial charge in [0.05, 0.1) is 6.04 Å². The number of aromatic nitrogens is 2. The largest absolute Gasteiger partial charge is 0.491 e. The third kappa shape index (κ3) is 1.96. The lowest BCUT2D eigenvalue weighted by Crippen LogP contribution is -2.17. The summed E-state index contributed by atoms with van der Waals surface area (Å²) >= 11 is 0. The molecule has 2 heterocycles. The first-order valence-corrected chi connectivity index (χ1v) is 7.43. The lowest BCUT2D eigenvalue weighted by atomic mass is 10.1. The van der Waals surface area contributed by atoms with Crippen molar-refractivity contribution in [1.82, 2.24) is 9.55 Å². The molecule has 0 bridgehead atoms. The van der Waals surface area contributed by atoms with E-state index in [0.717, 1.165) is 11.7 Å². The summed E-state index contributed by atoms with van der Waals surface area (Å²) in [5, 5.41) is 3.55. The number of nitrogens with zero attached hydrogens (tertiary/aromatic N) is 2. The molecule has 4 nitrogen and oxygen atoms in total. The van der Waals surface area contributed by atoms with E-state index in [2.05, 4.69) is 33.2 Å². The standard InChI is InChI=1S/C16H19N3O/c1-2-6-12(5-1)19-10-9-17-16(19)18-14-11-20-15-8-4-3-7-13(14)15/h3-4,7-10,12,14H,1-2,5-6,11H2,(H,17,18). The highest BCUT2D eigenvalue weighted by molar-refractivity contribution is 5.44. The first kappa shape index (κ1) is 11.8. The minimum atomic E-state index is 0.203. The molecule has 1 aromatic heterocycles. The quantitative estimate of drug-likeness (QED) is 0.926. The van der Waals surface area contributed by atoms with Gasteiger partial charge in [0.1, 0.15) is 12.4 Å². The molecule has 0 saturated heterocycles. The molecule has 104 valence electrons. The van der Waals surface area contributed by atoms with Gasteiger partial charge in [0.25, 0.3) is 0 Å². The molecule has 1 saturated carbocycles. The normalized spacial score (nSPS) is 21.7. The fourth-order valence-electron chi connectivity index (χ4n) is 3.34. The van der Waals surface area contributed by atoms with E-state index in [0.29, 0.717) is 12.6 Å². The highest BCUT2D eigenvalue weighted by Crippen LogP contribution is 2.36. The molecule has 1 atom stereocenters. The molecule has 4 heteroatoms. The second-order valence-corrected chi connectivity index (χ2v) is 5.64. The predicted octanol–water partition coefficient (Wildman–Crippen LogP) is 3.54. The maximum atomic E-state index is 5.73. The van der Waals surface area contributed by atoms with Gasteiger partial charge < -0.3 is 14.6 Å². The van der Waals surface area contributed by atoms with Crippen molar-refractivity contribution in [2.24, 2.45) is 0 Å². The lowest BCUT2D eigenvalue weighted by molar-refractivity contribution is 0.338. The summed E-state index contributed by atoms with van der Waals surface area (Å²) < 4.78 is 8.03. The number of imidazole rings is 1. The second-order valence-electron chi connectivity index (χ2n) is 5.64. The zero-order valence-corrected chi connectivity index (χ0v) is 11.5. The van der Waals surface area contributed by atoms with Crippen molar-refractivity contribution in [3.63, 3.8) is 0 Å². The Hall–Kier alpha value is -1.97. The van der Waals surface area contributed by atoms with Gasteiger partial charge in [0.15, 0.2) is 0 Å². The Morgan fingerprint density at radius 2 is 2.05 bits per heavy atom. The van der Waals surface area contributed by atoms with Crippen molar-refractivity contribution < 1.29 is 4.74 Å². The molecule has 20 heavy (non-hydrogen) atoms. The van der Waals surface area contributed by atoms with Gasteiger partial charge in [-0.15, -0.1) is 0 Å². The number of para-hydroxylation sites is 1. The first-order valence-electron chi connectivity index (χ1n) is 7.43. The van der Waals surface area contributed by atoms with Crippen LogP contribution in [0.25, 0.3) is 0 Å². The summed E-state index contributed by atoms with van der Waals surface area (Å²) in [4.78, 5) is 4.49. The van der Waals surface area contributed by atoms with E-state index < -0.39 is 0 Å². The Balaban J connectivity index is 1.57. The topological polar surface area (TPSA) is 39.1 Å². The molecule has 4 rings (SSSR count). The van der Waals surface area contributed by atoms with Crippen molar-refractivity contribution in [3.8, 4) is 5.75 Å². The van der Waals surface area contributed by atoms with E-state index in [1.165, 1.54) is 31.2 Å². The van der Waals surface area contributed by atoms with Crippen LogP contribution < -0.4 is 10.1 Å². The predicted molar refractivity (Wildman–Crippen MR) is 78.0 cm³/mol. The van der Waals surface area contributed by atoms with Gasteiger partial charge in [0.2, 0.25) is 5.95 Å². The number of hydrogen-bond acceptors (Lipinski definition) is 3. The molecule has 1 aliphatic carbocycles. The molecule has 0 amide bonds. The zero-order chi connectivity index (χ0) is 13.4. The summed E-state index contributed by atoms with van der Waals surface area (Å²) in [7, 11) is 0. The van der Waals surface area contributed by atoms with E-state index in [4.69, 9.17) is 4.74 Å². The fourth-order valence-corrected chi connectivity index (χ4v) is 3.34. The number of rotatable bonds is 3. The van der Waals surface area contributed by atoms with Crippen molar-refractivity contribution in [2.45, 2.75) is 37.8 Å². The smallest absolute Gasteiger partial charge is 0.203 e. The van der Waals surface area contributed by atoms with Crippen LogP contribution in [0.1, 0.15) is 43.3 Å². The molecule has 2 aromatic rings. The molecular formula is C16H19N3O. The van der Waals surface area contributed by atoms with Crippen LogP contribution in [-0.4, -0.2) is 16.2 Å². The van der Waals surface area contributed by atoms with Crippen molar-refractivity contribution in [3.05, 3.63) is 42.2 Å². The van der Waals surface area contributed by atoms with Crippen LogP contribution in [0, 0.1) is 0 Å². The SMILES string of the molecule is c1ccc2c(c1)OCC2Nc1nccn1C1CCCC1. The minimum Gasteiger partial charge on any atom is -0.491 e. The Morgan fingerprint density at radius 3 is 2.95 bits per heavy atom. The second kappa shape index (κ2) is 4.85. The van der Waals surface area contributed by atoms with Crippen molar-refractivity contribution in [1.29, 1.82) is 0 Å². The average molecular weight is 269 g/mol. The van der Waals surface area contributed by atoms with Crippen LogP contribution in [0.2, 0.25) is 0 Å². The van der Waals surface area contributed by atoms with Crippen molar-refractivity contribution in [2.75, 3.05) is 11.9 Å². The molecule has 1 N–H and O–H groups in total. The first-order chi connectivity index (χ1) is 9.92. The highest BCUT2D eigenvalue weighted by Gasteiger charge is 2.26. The van der Waals surface area contributed by atoms with Crippen LogP contribution in [0.15, 0.2) is 36.7 Å². The molecule has 1 unspecified atom stereocenters. The van der Waals surface area contributed by atoms with Gasteiger partial charge in [-0.05, 0) is 18.9 Å². The Bertz CT molecular complexity index is 601. The van der Waals surface area contributed by atoms with Crippen LogP contribution in [-0.2, 0) is 0 Å². The molecule has 1 aromatic carbocycles. The number of nitrogens with one attached hydrogen (secondary N) is 1. The van der Waals surface area contributed by atoms with Gasteiger partial charge in [-0.3, -0.25) is 0 Å². The van der Waals surface area contributed by atoms with E-state index in [1.807, 2.05) is 18.3 Å². The maximum absolute atomic E-state index is 5.73. The zero-order valence-electron chi connectivity index (χ0n) is 11.5. The van der Waals surface area contributed by atoms with Crippen LogP contribution >= 0.6 is 0 Å². The number of anilines is 1. The summed E-state index contributed by atoms with van der Waals surface area (Å²) in [6, 6.07) is 9.04. The van der Waals surface area contributed by atoms with E-state index in [1.54, 1.807) is 0 Å². The van der Waals surface area contributed by atoms with Gasteiger partial charge in [0, 0.05) is 24.0 Å². The van der Waals surface area contributed by atoms with Gasteiger partial charge >= 0.3 is 0 Å². The minimum absolute atomic E-state index is 0.203. The van der Waals surface area contributed by atoms with Crippen molar-refractivity contribution >= 4 is 5.95 Å². The van der Waals surface area contributed by atoms with Crippen LogP contribution in [0.4, 0.5) is 5.95 Å². The van der Waals surface area contributed by atoms with E-state index in [-0.39, 0.29) is 6.04 Å². The van der Waals surface area contributed by atoms with Crippen LogP contribution in [0.3, 0.4) is 0 Å². The summed E-state index contributed by atoms with van der Waals surface area (Å²) in [5.74, 6) is 1.96. The summed E-state index contributed by atoms with van der Waals surface area (Å²) in [6.07, 6.45) is 9.18. The van der Waals surface area contributed by atoms with Gasteiger partial charge in [-0.2, -0.15) is 0 Å². The number of fused-ring (bicyclic) bond motifs is 1. The Morgan fingerprint density at radius 1 is 1.20 bits per heavy atom. The third-order valence-corrected chi connectivity index (χ3v) is 4.39. The van der Waals surface area contributed by atoms with Crippen LogP contribution in [0.5, 0.6) is 5.75 Å². The maximum Gasteiger partial charge on any atom is 0.203 e. The molecular weight excluding hydrogens is 250 g/mol. The number of hydrogen-bond donors (Lipinski definition) is 1. The Labute approximate surface area is 118 Å². The number of ether oxygens (including phenoxy) is 1. The van der Waals surface area contributed by atoms with Gasteiger partial charge in [-0.25, -0.2) is 4.98 Å². The van der Waals surface area contributed by atoms with E-state index in [9.17, 15) is 0 Å². The summed E-state index contributed by atoms with van der Waals surface area (Å²) in [6.45, 7) is 0.677. The molecule has 0 spiro atoms. The lowest BCUT2D eigenvalue weighted by Gasteiger charge is -2.18. The highest BCUT2D eigenvalue weighted by atomic mass is 16.5. The molecule has 1 fully saturated rings.